The van der Waals surface area contributed by atoms with Crippen LogP contribution in [0.15, 0.2) is 58.2 Å². The standard InChI is InChI=1S/C16H12ClN3OS/c17-12-6-2-1-5-11(12)9-19-16(21)20-13-7-3-4-8-14(13)22-10-15(20)18-19/h1-8H,9-10H2. The Hall–Kier alpha value is -1.98. The van der Waals surface area contributed by atoms with Crippen molar-refractivity contribution in [1.29, 1.82) is 0 Å². The summed E-state index contributed by atoms with van der Waals surface area (Å²) < 4.78 is 3.18. The lowest BCUT2D eigenvalue weighted by atomic mass is 10.2. The Bertz CT molecular complexity index is 916. The van der Waals surface area contributed by atoms with Crippen LogP contribution in [-0.4, -0.2) is 14.3 Å². The molecule has 4 nitrogen and oxygen atoms in total. The number of para-hydroxylation sites is 1. The predicted octanol–water partition coefficient (Wildman–Crippen LogP) is 3.34. The van der Waals surface area contributed by atoms with Crippen molar-refractivity contribution < 1.29 is 0 Å². The van der Waals surface area contributed by atoms with Crippen LogP contribution in [0.5, 0.6) is 0 Å². The van der Waals surface area contributed by atoms with E-state index in [1.165, 1.54) is 4.68 Å². The van der Waals surface area contributed by atoms with Gasteiger partial charge in [-0.25, -0.2) is 14.0 Å². The molecule has 110 valence electrons. The monoisotopic (exact) mass is 329 g/mol. The van der Waals surface area contributed by atoms with E-state index in [1.54, 1.807) is 16.3 Å². The molecule has 1 aliphatic heterocycles. The molecular weight excluding hydrogens is 318 g/mol. The number of rotatable bonds is 2. The molecule has 0 aliphatic carbocycles. The lowest BCUT2D eigenvalue weighted by Gasteiger charge is -2.15. The Balaban J connectivity index is 1.81. The molecule has 1 aliphatic rings. The number of benzene rings is 2. The van der Waals surface area contributed by atoms with Crippen LogP contribution in [0.3, 0.4) is 0 Å². The predicted molar refractivity (Wildman–Crippen MR) is 87.9 cm³/mol. The first-order valence-corrected chi connectivity index (χ1v) is 8.25. The highest BCUT2D eigenvalue weighted by Gasteiger charge is 2.22. The molecule has 0 spiro atoms. The fraction of sp³-hybridized carbons (Fsp3) is 0.125. The van der Waals surface area contributed by atoms with Gasteiger partial charge in [0.1, 0.15) is 5.82 Å². The van der Waals surface area contributed by atoms with Crippen LogP contribution in [0.1, 0.15) is 11.4 Å². The topological polar surface area (TPSA) is 39.8 Å². The average molecular weight is 330 g/mol. The first-order valence-electron chi connectivity index (χ1n) is 6.88. The Morgan fingerprint density at radius 1 is 1.14 bits per heavy atom. The summed E-state index contributed by atoms with van der Waals surface area (Å²) in [6.45, 7) is 0.380. The fourth-order valence-electron chi connectivity index (χ4n) is 2.59. The number of nitrogens with zero attached hydrogens (tertiary/aromatic N) is 3. The lowest BCUT2D eigenvalue weighted by molar-refractivity contribution is 0.650. The first kappa shape index (κ1) is 13.7. The van der Waals surface area contributed by atoms with E-state index in [0.717, 1.165) is 22.0 Å². The number of halogens is 1. The van der Waals surface area contributed by atoms with Crippen molar-refractivity contribution in [1.82, 2.24) is 14.3 Å². The summed E-state index contributed by atoms with van der Waals surface area (Å²) in [5, 5.41) is 5.12. The van der Waals surface area contributed by atoms with E-state index in [4.69, 9.17) is 11.6 Å². The second-order valence-electron chi connectivity index (χ2n) is 5.04. The smallest absolute Gasteiger partial charge is 0.246 e. The van der Waals surface area contributed by atoms with Gasteiger partial charge in [0.2, 0.25) is 0 Å². The summed E-state index contributed by atoms with van der Waals surface area (Å²) >= 11 is 7.88. The minimum Gasteiger partial charge on any atom is -0.246 e. The van der Waals surface area contributed by atoms with E-state index in [1.807, 2.05) is 48.5 Å². The molecule has 3 aromatic rings. The van der Waals surface area contributed by atoms with Crippen LogP contribution in [-0.2, 0) is 12.3 Å². The molecule has 0 amide bonds. The second-order valence-corrected chi connectivity index (χ2v) is 6.46. The number of hydrogen-bond donors (Lipinski definition) is 0. The average Bonchev–Trinajstić information content (AvgIpc) is 2.86. The van der Waals surface area contributed by atoms with Crippen molar-refractivity contribution in [3.8, 4) is 5.69 Å². The molecule has 0 fully saturated rings. The molecule has 2 aromatic carbocycles. The summed E-state index contributed by atoms with van der Waals surface area (Å²) in [6, 6.07) is 15.4. The maximum Gasteiger partial charge on any atom is 0.350 e. The van der Waals surface area contributed by atoms with Crippen molar-refractivity contribution in [3.63, 3.8) is 0 Å². The second kappa shape index (κ2) is 5.34. The molecule has 0 radical (unpaired) electrons. The van der Waals surface area contributed by atoms with E-state index in [0.29, 0.717) is 17.3 Å². The number of thioether (sulfide) groups is 1. The van der Waals surface area contributed by atoms with E-state index >= 15 is 0 Å². The lowest BCUT2D eigenvalue weighted by Crippen LogP contribution is -2.25. The van der Waals surface area contributed by atoms with E-state index < -0.39 is 0 Å². The largest absolute Gasteiger partial charge is 0.350 e. The Morgan fingerprint density at radius 2 is 1.91 bits per heavy atom. The van der Waals surface area contributed by atoms with E-state index in [-0.39, 0.29) is 5.69 Å². The summed E-state index contributed by atoms with van der Waals surface area (Å²) in [6.07, 6.45) is 0. The van der Waals surface area contributed by atoms with Gasteiger partial charge in [0.05, 0.1) is 18.0 Å². The summed E-state index contributed by atoms with van der Waals surface area (Å²) in [7, 11) is 0. The molecule has 0 bridgehead atoms. The zero-order valence-corrected chi connectivity index (χ0v) is 13.1. The number of aromatic nitrogens is 3. The van der Waals surface area contributed by atoms with Crippen LogP contribution in [0.25, 0.3) is 5.69 Å². The maximum absolute atomic E-state index is 12.7. The van der Waals surface area contributed by atoms with Crippen LogP contribution in [0.2, 0.25) is 5.02 Å². The summed E-state index contributed by atoms with van der Waals surface area (Å²) in [4.78, 5) is 13.8. The van der Waals surface area contributed by atoms with Gasteiger partial charge in [-0.05, 0) is 23.8 Å². The summed E-state index contributed by atoms with van der Waals surface area (Å²) in [5.41, 5.74) is 1.68. The van der Waals surface area contributed by atoms with E-state index in [9.17, 15) is 4.79 Å². The van der Waals surface area contributed by atoms with Crippen molar-refractivity contribution in [2.75, 3.05) is 0 Å². The van der Waals surface area contributed by atoms with Gasteiger partial charge in [0.15, 0.2) is 0 Å². The van der Waals surface area contributed by atoms with Crippen molar-refractivity contribution in [2.45, 2.75) is 17.2 Å². The molecule has 0 saturated carbocycles. The third kappa shape index (κ3) is 2.17. The van der Waals surface area contributed by atoms with Crippen LogP contribution in [0, 0.1) is 0 Å². The van der Waals surface area contributed by atoms with Gasteiger partial charge in [-0.15, -0.1) is 11.8 Å². The van der Waals surface area contributed by atoms with Gasteiger partial charge in [-0.3, -0.25) is 0 Å². The van der Waals surface area contributed by atoms with Crippen LogP contribution >= 0.6 is 23.4 Å². The van der Waals surface area contributed by atoms with Crippen molar-refractivity contribution in [2.24, 2.45) is 0 Å². The van der Waals surface area contributed by atoms with E-state index in [2.05, 4.69) is 5.10 Å². The quantitative estimate of drug-likeness (QED) is 0.724. The molecule has 22 heavy (non-hydrogen) atoms. The zero-order chi connectivity index (χ0) is 15.1. The Labute approximate surface area is 136 Å². The molecule has 4 rings (SSSR count). The molecule has 6 heteroatoms. The molecule has 0 atom stereocenters. The van der Waals surface area contributed by atoms with Crippen molar-refractivity contribution >= 4 is 23.4 Å². The van der Waals surface area contributed by atoms with Gasteiger partial charge in [-0.1, -0.05) is 41.9 Å². The van der Waals surface area contributed by atoms with Crippen LogP contribution in [0.4, 0.5) is 0 Å². The number of hydrogen-bond acceptors (Lipinski definition) is 3. The van der Waals surface area contributed by atoms with Gasteiger partial charge in [0.25, 0.3) is 0 Å². The molecule has 0 unspecified atom stereocenters. The highest BCUT2D eigenvalue weighted by atomic mass is 35.5. The minimum absolute atomic E-state index is 0.123. The molecule has 0 saturated heterocycles. The van der Waals surface area contributed by atoms with Gasteiger partial charge >= 0.3 is 5.69 Å². The highest BCUT2D eigenvalue weighted by molar-refractivity contribution is 7.98. The molecule has 1 aromatic heterocycles. The minimum atomic E-state index is -0.123. The highest BCUT2D eigenvalue weighted by Crippen LogP contribution is 2.32. The SMILES string of the molecule is O=c1n(Cc2ccccc2Cl)nc2n1-c1ccccc1SC2. The first-order chi connectivity index (χ1) is 10.7. The molecular formula is C16H12ClN3OS. The fourth-order valence-corrected chi connectivity index (χ4v) is 3.73. The third-order valence-electron chi connectivity index (χ3n) is 3.65. The third-order valence-corrected chi connectivity index (χ3v) is 5.07. The van der Waals surface area contributed by atoms with Crippen LogP contribution < -0.4 is 5.69 Å². The Morgan fingerprint density at radius 3 is 2.77 bits per heavy atom. The summed E-state index contributed by atoms with van der Waals surface area (Å²) in [5.74, 6) is 1.47. The Kier molecular flexibility index (Phi) is 3.32. The maximum atomic E-state index is 12.7. The van der Waals surface area contributed by atoms with Gasteiger partial charge in [-0.2, -0.15) is 5.10 Å². The van der Waals surface area contributed by atoms with Crippen molar-refractivity contribution in [3.05, 3.63) is 75.4 Å². The number of fused-ring (bicyclic) bond motifs is 3. The molecule has 0 N–H and O–H groups in total. The van der Waals surface area contributed by atoms with Gasteiger partial charge < -0.3 is 0 Å². The normalized spacial score (nSPS) is 12.8. The zero-order valence-electron chi connectivity index (χ0n) is 11.6. The molecule has 2 heterocycles. The van der Waals surface area contributed by atoms with Gasteiger partial charge in [0, 0.05) is 9.92 Å².